The van der Waals surface area contributed by atoms with Gasteiger partial charge in [0.2, 0.25) is 5.91 Å². The van der Waals surface area contributed by atoms with Gasteiger partial charge in [0, 0.05) is 13.1 Å². The fourth-order valence-corrected chi connectivity index (χ4v) is 2.67. The van der Waals surface area contributed by atoms with Crippen molar-refractivity contribution in [3.63, 3.8) is 0 Å². The molecule has 7 nitrogen and oxygen atoms in total. The Balaban J connectivity index is 1.78. The molecular formula is C16H22N2O5. The van der Waals surface area contributed by atoms with Crippen LogP contribution in [0.4, 0.5) is 0 Å². The fraction of sp³-hybridized carbons (Fsp3) is 0.500. The number of carboxylic acid groups (broad SMARTS) is 1. The molecule has 1 aromatic carbocycles. The first kappa shape index (κ1) is 17.2. The van der Waals surface area contributed by atoms with Gasteiger partial charge < -0.3 is 19.8 Å². The first-order valence-electron chi connectivity index (χ1n) is 7.53. The lowest BCUT2D eigenvalue weighted by atomic mass is 10.2. The standard InChI is InChI=1S/C16H22N2O5/c1-17(11-16(21)22)13-9-18(10-14(13)19)15(20)7-8-23-12-5-3-2-4-6-12/h2-6,13-14,19H,7-11H2,1H3,(H,21,22)/t13-,14+/m0/s1. The SMILES string of the molecule is CN(CC(=O)O)[C@H]1CN(C(=O)CCOc2ccccc2)C[C@H]1O. The molecule has 1 aliphatic heterocycles. The number of likely N-dealkylation sites (tertiary alicyclic amines) is 1. The van der Waals surface area contributed by atoms with Gasteiger partial charge in [0.1, 0.15) is 5.75 Å². The monoisotopic (exact) mass is 322 g/mol. The summed E-state index contributed by atoms with van der Waals surface area (Å²) < 4.78 is 5.49. The number of carbonyl (C=O) groups is 2. The van der Waals surface area contributed by atoms with E-state index < -0.39 is 12.1 Å². The van der Waals surface area contributed by atoms with E-state index in [1.807, 2.05) is 30.3 Å². The first-order chi connectivity index (χ1) is 11.0. The van der Waals surface area contributed by atoms with Crippen LogP contribution in [0.15, 0.2) is 30.3 Å². The highest BCUT2D eigenvalue weighted by atomic mass is 16.5. The van der Waals surface area contributed by atoms with Gasteiger partial charge in [0.25, 0.3) is 0 Å². The molecular weight excluding hydrogens is 300 g/mol. The minimum atomic E-state index is -0.958. The Morgan fingerprint density at radius 3 is 2.65 bits per heavy atom. The number of likely N-dealkylation sites (N-methyl/N-ethyl adjacent to an activating group) is 1. The summed E-state index contributed by atoms with van der Waals surface area (Å²) in [6.07, 6.45) is -0.518. The van der Waals surface area contributed by atoms with Crippen LogP contribution in [-0.4, -0.2) is 77.3 Å². The van der Waals surface area contributed by atoms with Crippen molar-refractivity contribution in [1.29, 1.82) is 0 Å². The summed E-state index contributed by atoms with van der Waals surface area (Å²) >= 11 is 0. The predicted octanol–water partition coefficient (Wildman–Crippen LogP) is 0.0436. The number of amides is 1. The summed E-state index contributed by atoms with van der Waals surface area (Å²) in [5.41, 5.74) is 0. The summed E-state index contributed by atoms with van der Waals surface area (Å²) in [5, 5.41) is 18.8. The number of β-amino-alcohol motifs (C(OH)–C–C–N with tert-alkyl or cyclic N) is 1. The minimum absolute atomic E-state index is 0.105. The van der Waals surface area contributed by atoms with Crippen LogP contribution in [0, 0.1) is 0 Å². The second-order valence-corrected chi connectivity index (χ2v) is 5.65. The van der Waals surface area contributed by atoms with Crippen molar-refractivity contribution in [1.82, 2.24) is 9.80 Å². The topological polar surface area (TPSA) is 90.3 Å². The maximum atomic E-state index is 12.2. The Morgan fingerprint density at radius 1 is 1.30 bits per heavy atom. The number of hydrogen-bond acceptors (Lipinski definition) is 5. The first-order valence-corrected chi connectivity index (χ1v) is 7.53. The number of aliphatic hydroxyl groups excluding tert-OH is 1. The summed E-state index contributed by atoms with van der Waals surface area (Å²) in [4.78, 5) is 26.0. The highest BCUT2D eigenvalue weighted by Crippen LogP contribution is 2.16. The minimum Gasteiger partial charge on any atom is -0.493 e. The number of hydrogen-bond donors (Lipinski definition) is 2. The van der Waals surface area contributed by atoms with E-state index in [0.29, 0.717) is 12.3 Å². The number of carbonyl (C=O) groups excluding carboxylic acids is 1. The normalized spacial score (nSPS) is 20.7. The third kappa shape index (κ3) is 4.94. The Hall–Kier alpha value is -2.12. The fourth-order valence-electron chi connectivity index (χ4n) is 2.67. The van der Waals surface area contributed by atoms with Gasteiger partial charge in [-0.05, 0) is 19.2 Å². The van der Waals surface area contributed by atoms with Gasteiger partial charge in [0.05, 0.1) is 31.7 Å². The quantitative estimate of drug-likeness (QED) is 0.737. The van der Waals surface area contributed by atoms with E-state index in [0.717, 1.165) is 0 Å². The summed E-state index contributed by atoms with van der Waals surface area (Å²) in [6, 6.07) is 8.89. The van der Waals surface area contributed by atoms with Crippen molar-refractivity contribution in [3.05, 3.63) is 30.3 Å². The predicted molar refractivity (Wildman–Crippen MR) is 83.2 cm³/mol. The summed E-state index contributed by atoms with van der Waals surface area (Å²) in [7, 11) is 1.63. The van der Waals surface area contributed by atoms with E-state index in [9.17, 15) is 14.7 Å². The summed E-state index contributed by atoms with van der Waals surface area (Å²) in [6.45, 7) is 0.653. The maximum Gasteiger partial charge on any atom is 0.317 e. The zero-order valence-corrected chi connectivity index (χ0v) is 13.1. The van der Waals surface area contributed by atoms with Crippen LogP contribution in [0.5, 0.6) is 5.75 Å². The lowest BCUT2D eigenvalue weighted by molar-refractivity contribution is -0.138. The molecule has 0 spiro atoms. The molecule has 126 valence electrons. The van der Waals surface area contributed by atoms with E-state index in [1.54, 1.807) is 16.8 Å². The number of aliphatic hydroxyl groups is 1. The zero-order chi connectivity index (χ0) is 16.8. The number of nitrogens with zero attached hydrogens (tertiary/aromatic N) is 2. The van der Waals surface area contributed by atoms with Gasteiger partial charge in [-0.25, -0.2) is 0 Å². The van der Waals surface area contributed by atoms with Gasteiger partial charge in [-0.3, -0.25) is 14.5 Å². The second-order valence-electron chi connectivity index (χ2n) is 5.65. The van der Waals surface area contributed by atoms with Crippen molar-refractivity contribution in [2.24, 2.45) is 0 Å². The molecule has 0 aliphatic carbocycles. The van der Waals surface area contributed by atoms with Gasteiger partial charge in [-0.2, -0.15) is 0 Å². The van der Waals surface area contributed by atoms with Crippen LogP contribution in [0.25, 0.3) is 0 Å². The van der Waals surface area contributed by atoms with Crippen molar-refractivity contribution in [3.8, 4) is 5.75 Å². The molecule has 0 aromatic heterocycles. The molecule has 2 N–H and O–H groups in total. The smallest absolute Gasteiger partial charge is 0.317 e. The highest BCUT2D eigenvalue weighted by molar-refractivity contribution is 5.76. The van der Waals surface area contributed by atoms with Crippen LogP contribution >= 0.6 is 0 Å². The number of benzene rings is 1. The Bertz CT molecular complexity index is 537. The number of carboxylic acids is 1. The molecule has 7 heteroatoms. The molecule has 1 saturated heterocycles. The number of aliphatic carboxylic acids is 1. The zero-order valence-electron chi connectivity index (χ0n) is 13.1. The molecule has 0 saturated carbocycles. The van der Waals surface area contributed by atoms with Gasteiger partial charge in [-0.1, -0.05) is 18.2 Å². The van der Waals surface area contributed by atoms with Crippen molar-refractivity contribution < 1.29 is 24.5 Å². The van der Waals surface area contributed by atoms with Crippen molar-refractivity contribution >= 4 is 11.9 Å². The number of rotatable bonds is 7. The molecule has 0 radical (unpaired) electrons. The summed E-state index contributed by atoms with van der Waals surface area (Å²) in [5.74, 6) is -0.354. The maximum absolute atomic E-state index is 12.2. The third-order valence-corrected chi connectivity index (χ3v) is 3.89. The Morgan fingerprint density at radius 2 is 2.00 bits per heavy atom. The van der Waals surface area contributed by atoms with E-state index in [-0.39, 0.29) is 38.1 Å². The molecule has 1 aromatic rings. The molecule has 1 amide bonds. The molecule has 23 heavy (non-hydrogen) atoms. The molecule has 1 fully saturated rings. The van der Waals surface area contributed by atoms with Crippen LogP contribution in [0.3, 0.4) is 0 Å². The van der Waals surface area contributed by atoms with Gasteiger partial charge in [0.15, 0.2) is 0 Å². The molecule has 2 atom stereocenters. The average Bonchev–Trinajstić information content (AvgIpc) is 2.90. The molecule has 0 unspecified atom stereocenters. The lowest BCUT2D eigenvalue weighted by Crippen LogP contribution is -2.43. The van der Waals surface area contributed by atoms with Crippen molar-refractivity contribution in [2.45, 2.75) is 18.6 Å². The van der Waals surface area contributed by atoms with Crippen molar-refractivity contribution in [2.75, 3.05) is 33.3 Å². The number of para-hydroxylation sites is 1. The largest absolute Gasteiger partial charge is 0.493 e. The third-order valence-electron chi connectivity index (χ3n) is 3.89. The van der Waals surface area contributed by atoms with Crippen LogP contribution in [0.2, 0.25) is 0 Å². The van der Waals surface area contributed by atoms with Crippen LogP contribution in [-0.2, 0) is 9.59 Å². The highest BCUT2D eigenvalue weighted by Gasteiger charge is 2.36. The average molecular weight is 322 g/mol. The molecule has 2 rings (SSSR count). The van der Waals surface area contributed by atoms with E-state index in [1.165, 1.54) is 0 Å². The molecule has 1 heterocycles. The Kier molecular flexibility index (Phi) is 5.95. The number of ether oxygens (including phenoxy) is 1. The second kappa shape index (κ2) is 7.94. The van der Waals surface area contributed by atoms with Gasteiger partial charge in [-0.15, -0.1) is 0 Å². The molecule has 0 bridgehead atoms. The van der Waals surface area contributed by atoms with Crippen LogP contribution in [0.1, 0.15) is 6.42 Å². The molecule has 1 aliphatic rings. The Labute approximate surface area is 135 Å². The van der Waals surface area contributed by atoms with Gasteiger partial charge >= 0.3 is 5.97 Å². The van der Waals surface area contributed by atoms with E-state index in [2.05, 4.69) is 0 Å². The lowest BCUT2D eigenvalue weighted by Gasteiger charge is -2.24. The van der Waals surface area contributed by atoms with E-state index in [4.69, 9.17) is 9.84 Å². The van der Waals surface area contributed by atoms with Crippen LogP contribution < -0.4 is 4.74 Å². The van der Waals surface area contributed by atoms with E-state index >= 15 is 0 Å².